The smallest absolute Gasteiger partial charge is 0.418 e. The van der Waals surface area contributed by atoms with Gasteiger partial charge in [0, 0.05) is 27.9 Å². The van der Waals surface area contributed by atoms with E-state index < -0.39 is 11.2 Å². The second-order valence-corrected chi connectivity index (χ2v) is 10.9. The minimum absolute atomic E-state index is 0.153. The van der Waals surface area contributed by atoms with E-state index >= 15 is 0 Å². The maximum atomic E-state index is 12.5. The Balaban J connectivity index is 1.69. The summed E-state index contributed by atoms with van der Waals surface area (Å²) in [7, 11) is 0. The molecule has 1 N–H and O–H groups in total. The highest BCUT2D eigenvalue weighted by atomic mass is 32.2. The van der Waals surface area contributed by atoms with Crippen molar-refractivity contribution in [1.29, 1.82) is 0 Å². The summed E-state index contributed by atoms with van der Waals surface area (Å²) in [5.74, 6) is -0.271. The molecule has 176 valence electrons. The Morgan fingerprint density at radius 2 is 1.64 bits per heavy atom. The third-order valence-corrected chi connectivity index (χ3v) is 5.56. The first kappa shape index (κ1) is 24.9. The quantitative estimate of drug-likeness (QED) is 0.447. The van der Waals surface area contributed by atoms with Crippen LogP contribution in [-0.4, -0.2) is 34.4 Å². The van der Waals surface area contributed by atoms with Gasteiger partial charge in [0.1, 0.15) is 11.2 Å². The van der Waals surface area contributed by atoms with Gasteiger partial charge >= 0.3 is 12.1 Å². The van der Waals surface area contributed by atoms with Crippen LogP contribution in [0.3, 0.4) is 0 Å². The molecule has 0 aliphatic carbocycles. The zero-order chi connectivity index (χ0) is 24.2. The number of hydrogen-bond donors (Lipinski definition) is 1. The van der Waals surface area contributed by atoms with Crippen molar-refractivity contribution in [3.05, 3.63) is 60.3 Å². The van der Waals surface area contributed by atoms with E-state index in [1.165, 1.54) is 4.57 Å². The van der Waals surface area contributed by atoms with E-state index in [-0.39, 0.29) is 18.6 Å². The van der Waals surface area contributed by atoms with Crippen molar-refractivity contribution in [2.45, 2.75) is 69.1 Å². The lowest BCUT2D eigenvalue weighted by molar-refractivity contribution is -0.153. The van der Waals surface area contributed by atoms with Gasteiger partial charge in [0.05, 0.1) is 12.1 Å². The van der Waals surface area contributed by atoms with Crippen LogP contribution in [0.2, 0.25) is 0 Å². The highest BCUT2D eigenvalue weighted by Gasteiger charge is 2.19. The average molecular weight is 469 g/mol. The van der Waals surface area contributed by atoms with E-state index in [2.05, 4.69) is 17.4 Å². The van der Waals surface area contributed by atoms with E-state index in [4.69, 9.17) is 9.47 Å². The maximum absolute atomic E-state index is 12.5. The summed E-state index contributed by atoms with van der Waals surface area (Å²) in [4.78, 5) is 26.6. The Morgan fingerprint density at radius 3 is 2.33 bits per heavy atom. The molecule has 3 rings (SSSR count). The first-order chi connectivity index (χ1) is 15.4. The largest absolute Gasteiger partial charge is 0.459 e. The zero-order valence-corrected chi connectivity index (χ0v) is 20.9. The molecule has 0 saturated heterocycles. The highest BCUT2D eigenvalue weighted by molar-refractivity contribution is 7.99. The number of nitrogens with zero attached hydrogens (tertiary/aromatic N) is 1. The molecule has 0 atom stereocenters. The van der Waals surface area contributed by atoms with E-state index in [1.807, 2.05) is 77.9 Å². The Labute approximate surface area is 199 Å². The Morgan fingerprint density at radius 1 is 0.939 bits per heavy atom. The molecule has 1 heterocycles. The van der Waals surface area contributed by atoms with Crippen molar-refractivity contribution in [2.24, 2.45) is 0 Å². The van der Waals surface area contributed by atoms with Gasteiger partial charge in [-0.15, -0.1) is 0 Å². The van der Waals surface area contributed by atoms with Crippen molar-refractivity contribution in [3.8, 4) is 0 Å². The molecule has 0 bridgehead atoms. The number of ether oxygens (including phenoxy) is 2. The molecule has 1 aromatic heterocycles. The minimum atomic E-state index is -0.551. The molecule has 0 aliphatic rings. The number of benzene rings is 2. The summed E-state index contributed by atoms with van der Waals surface area (Å²) in [5.41, 5.74) is 0.858. The van der Waals surface area contributed by atoms with Crippen LogP contribution in [0.15, 0.2) is 64.5 Å². The van der Waals surface area contributed by atoms with Crippen LogP contribution in [0.25, 0.3) is 10.9 Å². The van der Waals surface area contributed by atoms with Crippen LogP contribution < -0.4 is 5.32 Å². The number of esters is 1. The summed E-state index contributed by atoms with van der Waals surface area (Å²) >= 11 is 1.64. The van der Waals surface area contributed by atoms with Crippen molar-refractivity contribution < 1.29 is 19.1 Å². The molecule has 3 aromatic rings. The summed E-state index contributed by atoms with van der Waals surface area (Å²) in [5, 5.41) is 4.14. The van der Waals surface area contributed by atoms with Crippen LogP contribution in [-0.2, 0) is 20.8 Å². The van der Waals surface area contributed by atoms with Gasteiger partial charge in [-0.3, -0.25) is 9.36 Å². The molecule has 6 nitrogen and oxygen atoms in total. The number of rotatable bonds is 6. The number of aromatic nitrogens is 1. The molecule has 0 fully saturated rings. The summed E-state index contributed by atoms with van der Waals surface area (Å²) in [6.45, 7) is 11.8. The molecule has 7 heteroatoms. The molecule has 0 unspecified atom stereocenters. The van der Waals surface area contributed by atoms with Crippen LogP contribution in [0.5, 0.6) is 0 Å². The molecular weight excluding hydrogens is 436 g/mol. The molecule has 0 aliphatic heterocycles. The lowest BCUT2D eigenvalue weighted by Gasteiger charge is -2.19. The van der Waals surface area contributed by atoms with E-state index in [0.29, 0.717) is 6.54 Å². The highest BCUT2D eigenvalue weighted by Crippen LogP contribution is 2.33. The van der Waals surface area contributed by atoms with Crippen LogP contribution >= 0.6 is 11.8 Å². The van der Waals surface area contributed by atoms with Crippen LogP contribution in [0, 0.1) is 0 Å². The summed E-state index contributed by atoms with van der Waals surface area (Å²) in [6, 6.07) is 16.0. The molecule has 0 radical (unpaired) electrons. The fourth-order valence-electron chi connectivity index (χ4n) is 3.21. The molecular formula is C26H32N2O4S. The number of hydrogen-bond acceptors (Lipinski definition) is 6. The van der Waals surface area contributed by atoms with Gasteiger partial charge in [-0.25, -0.2) is 4.79 Å². The third-order valence-electron chi connectivity index (χ3n) is 4.46. The van der Waals surface area contributed by atoms with Crippen molar-refractivity contribution in [1.82, 2.24) is 9.88 Å². The number of fused-ring (bicyclic) bond motifs is 1. The topological polar surface area (TPSA) is 69.6 Å². The average Bonchev–Trinajstić information content (AvgIpc) is 3.10. The van der Waals surface area contributed by atoms with Gasteiger partial charge < -0.3 is 14.8 Å². The first-order valence-electron chi connectivity index (χ1n) is 10.9. The molecule has 2 aromatic carbocycles. The van der Waals surface area contributed by atoms with Crippen molar-refractivity contribution >= 4 is 34.7 Å². The third kappa shape index (κ3) is 7.37. The predicted octanol–water partition coefficient (Wildman–Crippen LogP) is 6.01. The van der Waals surface area contributed by atoms with Gasteiger partial charge in [-0.2, -0.15) is 0 Å². The fourth-order valence-corrected chi connectivity index (χ4v) is 4.20. The second kappa shape index (κ2) is 10.0. The number of carbonyl (C=O) groups is 2. The molecule has 33 heavy (non-hydrogen) atoms. The lowest BCUT2D eigenvalue weighted by atomic mass is 10.2. The molecule has 0 saturated carbocycles. The number of nitrogens with one attached hydrogen (secondary N) is 1. The van der Waals surface area contributed by atoms with Crippen molar-refractivity contribution in [3.63, 3.8) is 0 Å². The van der Waals surface area contributed by atoms with Gasteiger partial charge in [0.25, 0.3) is 0 Å². The number of carbonyl (C=O) groups excluding carboxylic acids is 2. The summed E-state index contributed by atoms with van der Waals surface area (Å²) in [6.07, 6.45) is 1.35. The second-order valence-electron chi connectivity index (χ2n) is 9.79. The van der Waals surface area contributed by atoms with E-state index in [9.17, 15) is 9.59 Å². The van der Waals surface area contributed by atoms with E-state index in [1.54, 1.807) is 18.0 Å². The maximum Gasteiger partial charge on any atom is 0.418 e. The van der Waals surface area contributed by atoms with Gasteiger partial charge in [-0.1, -0.05) is 30.0 Å². The fraction of sp³-hybridized carbons (Fsp3) is 0.385. The standard InChI is InChI=1S/C26H32N2O4S/c1-25(2,3)31-23(29)17-27-16-19-9-7-8-10-22(19)33-20-11-12-21-18(15-20)13-14-28(21)24(30)32-26(4,5)6/h7-15,27H,16-17H2,1-6H3. The lowest BCUT2D eigenvalue weighted by Crippen LogP contribution is -2.31. The zero-order valence-electron chi connectivity index (χ0n) is 20.1. The Kier molecular flexibility index (Phi) is 7.55. The monoisotopic (exact) mass is 468 g/mol. The Bertz CT molecular complexity index is 1140. The molecule has 0 spiro atoms. The van der Waals surface area contributed by atoms with Gasteiger partial charge in [-0.05, 0) is 77.4 Å². The summed E-state index contributed by atoms with van der Waals surface area (Å²) < 4.78 is 12.4. The van der Waals surface area contributed by atoms with Crippen molar-refractivity contribution in [2.75, 3.05) is 6.54 Å². The predicted molar refractivity (Wildman–Crippen MR) is 132 cm³/mol. The van der Waals surface area contributed by atoms with Crippen LogP contribution in [0.4, 0.5) is 4.79 Å². The SMILES string of the molecule is CC(C)(C)OC(=O)CNCc1ccccc1Sc1ccc2c(ccn2C(=O)OC(C)(C)C)c1. The minimum Gasteiger partial charge on any atom is -0.459 e. The van der Waals surface area contributed by atoms with E-state index in [0.717, 1.165) is 26.3 Å². The normalized spacial score (nSPS) is 12.1. The van der Waals surface area contributed by atoms with Gasteiger partial charge in [0.2, 0.25) is 0 Å². The van der Waals surface area contributed by atoms with Gasteiger partial charge in [0.15, 0.2) is 0 Å². The Hall–Kier alpha value is -2.77. The van der Waals surface area contributed by atoms with Crippen LogP contribution in [0.1, 0.15) is 47.1 Å². The molecule has 0 amide bonds. The first-order valence-corrected chi connectivity index (χ1v) is 11.8.